The predicted octanol–water partition coefficient (Wildman–Crippen LogP) is 9.26. The summed E-state index contributed by atoms with van der Waals surface area (Å²) < 4.78 is 0. The molecule has 0 bridgehead atoms. The molecule has 0 fully saturated rings. The third kappa shape index (κ3) is 27.4. The third-order valence-electron chi connectivity index (χ3n) is 7.98. The number of hydrogen-bond acceptors (Lipinski definition) is 4. The van der Waals surface area contributed by atoms with Crippen LogP contribution in [-0.4, -0.2) is 46.1 Å². The fraction of sp³-hybridized carbons (Fsp3) is 0.811. The molecule has 0 aliphatic carbocycles. The van der Waals surface area contributed by atoms with Crippen molar-refractivity contribution in [3.63, 3.8) is 0 Å². The van der Waals surface area contributed by atoms with Crippen LogP contribution < -0.4 is 5.32 Å². The molecule has 42 heavy (non-hydrogen) atoms. The van der Waals surface area contributed by atoms with Gasteiger partial charge in [-0.15, -0.1) is 0 Å². The summed E-state index contributed by atoms with van der Waals surface area (Å²) in [4.78, 5) is 12.3. The summed E-state index contributed by atoms with van der Waals surface area (Å²) in [7, 11) is 0. The number of aliphatic hydroxyl groups is 3. The molecule has 0 aromatic rings. The molecule has 5 nitrogen and oxygen atoms in total. The second-order valence-corrected chi connectivity index (χ2v) is 12.1. The Balaban J connectivity index is 3.84. The maximum absolute atomic E-state index is 12.3. The van der Waals surface area contributed by atoms with E-state index >= 15 is 0 Å². The first-order chi connectivity index (χ1) is 20.6. The van der Waals surface area contributed by atoms with Crippen LogP contribution in [0.5, 0.6) is 0 Å². The molecule has 1 amide bonds. The van der Waals surface area contributed by atoms with Crippen molar-refractivity contribution in [2.45, 2.75) is 186 Å². The van der Waals surface area contributed by atoms with E-state index in [1.54, 1.807) is 0 Å². The van der Waals surface area contributed by atoms with Gasteiger partial charge in [0.1, 0.15) is 6.10 Å². The molecule has 0 aliphatic rings. The van der Waals surface area contributed by atoms with Gasteiger partial charge in [-0.2, -0.15) is 0 Å². The Labute approximate surface area is 260 Å². The number of nitrogens with one attached hydrogen (secondary N) is 1. The molecule has 0 saturated heterocycles. The Kier molecular flexibility index (Phi) is 31.4. The monoisotopic (exact) mass is 592 g/mol. The van der Waals surface area contributed by atoms with E-state index < -0.39 is 24.9 Å². The summed E-state index contributed by atoms with van der Waals surface area (Å²) in [5.41, 5.74) is 0. The number of allylic oxidation sites excluding steroid dienone is 6. The van der Waals surface area contributed by atoms with E-state index in [4.69, 9.17) is 0 Å². The average molecular weight is 592 g/mol. The molecule has 3 atom stereocenters. The van der Waals surface area contributed by atoms with Crippen LogP contribution in [0.1, 0.15) is 168 Å². The van der Waals surface area contributed by atoms with Gasteiger partial charge in [0, 0.05) is 6.42 Å². The minimum atomic E-state index is -1.18. The Morgan fingerprint density at radius 3 is 1.52 bits per heavy atom. The van der Waals surface area contributed by atoms with Crippen LogP contribution in [0.4, 0.5) is 0 Å². The van der Waals surface area contributed by atoms with E-state index in [0.717, 1.165) is 32.1 Å². The van der Waals surface area contributed by atoms with Gasteiger partial charge in [-0.1, -0.05) is 140 Å². The summed E-state index contributed by atoms with van der Waals surface area (Å²) >= 11 is 0. The molecule has 0 spiro atoms. The van der Waals surface area contributed by atoms with Crippen LogP contribution in [0.3, 0.4) is 0 Å². The summed E-state index contributed by atoms with van der Waals surface area (Å²) in [5.74, 6) is -0.224. The van der Waals surface area contributed by atoms with Crippen molar-refractivity contribution in [2.24, 2.45) is 0 Å². The maximum Gasteiger partial charge on any atom is 0.220 e. The third-order valence-corrected chi connectivity index (χ3v) is 7.98. The SMILES string of the molecule is CCCCCCCC/C=C\C/C=C\CCC(=O)NC(CO)C(O)C(O)CCC/C=C/CCCCCCCCCCCC. The van der Waals surface area contributed by atoms with E-state index in [2.05, 4.69) is 49.5 Å². The highest BCUT2D eigenvalue weighted by Gasteiger charge is 2.26. The first-order valence-corrected chi connectivity index (χ1v) is 17.8. The van der Waals surface area contributed by atoms with Gasteiger partial charge in [0.2, 0.25) is 5.91 Å². The van der Waals surface area contributed by atoms with Gasteiger partial charge >= 0.3 is 0 Å². The standard InChI is InChI=1S/C37H69NO4/c1-3-5-7-9-11-13-15-17-18-20-21-23-25-27-29-31-35(40)37(42)34(33-39)38-36(41)32-30-28-26-24-22-19-16-14-12-10-8-6-4-2/h19,22-23,25-26,28,34-35,37,39-40,42H,3-18,20-21,24,27,29-33H2,1-2H3,(H,38,41)/b22-19-,25-23+,28-26-. The Bertz CT molecular complexity index is 660. The largest absolute Gasteiger partial charge is 0.394 e. The lowest BCUT2D eigenvalue weighted by molar-refractivity contribution is -0.124. The van der Waals surface area contributed by atoms with Gasteiger partial charge in [0.25, 0.3) is 0 Å². The molecule has 4 N–H and O–H groups in total. The predicted molar refractivity (Wildman–Crippen MR) is 181 cm³/mol. The number of unbranched alkanes of at least 4 members (excludes halogenated alkanes) is 17. The second-order valence-electron chi connectivity index (χ2n) is 12.1. The molecule has 0 radical (unpaired) electrons. The van der Waals surface area contributed by atoms with Gasteiger partial charge in [-0.25, -0.2) is 0 Å². The highest BCUT2D eigenvalue weighted by Crippen LogP contribution is 2.13. The zero-order valence-electron chi connectivity index (χ0n) is 27.6. The number of rotatable bonds is 31. The lowest BCUT2D eigenvalue weighted by Gasteiger charge is -2.26. The zero-order chi connectivity index (χ0) is 30.9. The highest BCUT2D eigenvalue weighted by atomic mass is 16.3. The van der Waals surface area contributed by atoms with Crippen molar-refractivity contribution in [1.29, 1.82) is 0 Å². The van der Waals surface area contributed by atoms with Crippen molar-refractivity contribution < 1.29 is 20.1 Å². The van der Waals surface area contributed by atoms with Crippen molar-refractivity contribution in [3.05, 3.63) is 36.5 Å². The number of carbonyl (C=O) groups excluding carboxylic acids is 1. The topological polar surface area (TPSA) is 89.8 Å². The molecule has 0 aromatic carbocycles. The molecule has 5 heteroatoms. The van der Waals surface area contributed by atoms with Crippen molar-refractivity contribution in [1.82, 2.24) is 5.32 Å². The quantitative estimate of drug-likeness (QED) is 0.0478. The molecule has 246 valence electrons. The van der Waals surface area contributed by atoms with Crippen LogP contribution in [0.15, 0.2) is 36.5 Å². The van der Waals surface area contributed by atoms with E-state index in [9.17, 15) is 20.1 Å². The first-order valence-electron chi connectivity index (χ1n) is 17.8. The molecule has 0 aliphatic heterocycles. The van der Waals surface area contributed by atoms with Gasteiger partial charge in [0.05, 0.1) is 18.8 Å². The zero-order valence-corrected chi connectivity index (χ0v) is 27.6. The van der Waals surface area contributed by atoms with Gasteiger partial charge in [0.15, 0.2) is 0 Å². The number of carbonyl (C=O) groups is 1. The fourth-order valence-electron chi connectivity index (χ4n) is 5.15. The average Bonchev–Trinajstić information content (AvgIpc) is 2.99. The first kappa shape index (κ1) is 40.6. The van der Waals surface area contributed by atoms with E-state index in [-0.39, 0.29) is 5.91 Å². The van der Waals surface area contributed by atoms with E-state index in [0.29, 0.717) is 19.3 Å². The second kappa shape index (κ2) is 32.5. The highest BCUT2D eigenvalue weighted by molar-refractivity contribution is 5.76. The van der Waals surface area contributed by atoms with Gasteiger partial charge in [-0.3, -0.25) is 4.79 Å². The lowest BCUT2D eigenvalue weighted by atomic mass is 10.0. The summed E-state index contributed by atoms with van der Waals surface area (Å²) in [6.07, 6.45) is 38.2. The molecule has 0 heterocycles. The smallest absolute Gasteiger partial charge is 0.220 e. The van der Waals surface area contributed by atoms with Crippen LogP contribution in [0.25, 0.3) is 0 Å². The van der Waals surface area contributed by atoms with Crippen molar-refractivity contribution >= 4 is 5.91 Å². The van der Waals surface area contributed by atoms with Gasteiger partial charge in [-0.05, 0) is 57.8 Å². The number of amides is 1. The molecule has 0 aromatic heterocycles. The normalized spacial score (nSPS) is 14.3. The summed E-state index contributed by atoms with van der Waals surface area (Å²) in [5, 5.41) is 33.2. The van der Waals surface area contributed by atoms with E-state index in [1.165, 1.54) is 103 Å². The molecule has 3 unspecified atom stereocenters. The Morgan fingerprint density at radius 1 is 0.595 bits per heavy atom. The number of aliphatic hydroxyl groups excluding tert-OH is 3. The fourth-order valence-corrected chi connectivity index (χ4v) is 5.15. The van der Waals surface area contributed by atoms with Crippen LogP contribution >= 0.6 is 0 Å². The minimum absolute atomic E-state index is 0.224. The Hall–Kier alpha value is -1.43. The molecular formula is C37H69NO4. The van der Waals surface area contributed by atoms with Gasteiger partial charge < -0.3 is 20.6 Å². The van der Waals surface area contributed by atoms with Crippen molar-refractivity contribution in [2.75, 3.05) is 6.61 Å². The van der Waals surface area contributed by atoms with Crippen LogP contribution in [0, 0.1) is 0 Å². The lowest BCUT2D eigenvalue weighted by Crippen LogP contribution is -2.50. The van der Waals surface area contributed by atoms with Crippen LogP contribution in [0.2, 0.25) is 0 Å². The maximum atomic E-state index is 12.3. The molecular weight excluding hydrogens is 522 g/mol. The minimum Gasteiger partial charge on any atom is -0.394 e. The van der Waals surface area contributed by atoms with E-state index in [1.807, 2.05) is 6.08 Å². The summed E-state index contributed by atoms with van der Waals surface area (Å²) in [6.45, 7) is 4.10. The van der Waals surface area contributed by atoms with Crippen molar-refractivity contribution in [3.8, 4) is 0 Å². The molecule has 0 saturated carbocycles. The van der Waals surface area contributed by atoms with Crippen LogP contribution in [-0.2, 0) is 4.79 Å². The Morgan fingerprint density at radius 2 is 1.02 bits per heavy atom. The molecule has 0 rings (SSSR count). The number of hydrogen-bond donors (Lipinski definition) is 4. The summed E-state index contributed by atoms with van der Waals surface area (Å²) in [6, 6.07) is -0.853.